The second-order valence-electron chi connectivity index (χ2n) is 10.9. The van der Waals surface area contributed by atoms with E-state index in [4.69, 9.17) is 19.9 Å². The number of nitrogens with zero attached hydrogens (tertiary/aromatic N) is 3. The minimum atomic E-state index is -0.374. The van der Waals surface area contributed by atoms with Crippen LogP contribution in [0.5, 0.6) is 5.75 Å². The van der Waals surface area contributed by atoms with Crippen LogP contribution in [-0.4, -0.2) is 51.1 Å². The molecule has 3 aromatic rings. The largest absolute Gasteiger partial charge is 0.491 e. The Morgan fingerprint density at radius 1 is 1.14 bits per heavy atom. The second kappa shape index (κ2) is 8.09. The van der Waals surface area contributed by atoms with E-state index in [1.54, 1.807) is 0 Å². The van der Waals surface area contributed by atoms with E-state index in [2.05, 4.69) is 38.2 Å². The minimum Gasteiger partial charge on any atom is -0.491 e. The second-order valence-corrected chi connectivity index (χ2v) is 10.9. The van der Waals surface area contributed by atoms with Crippen molar-refractivity contribution in [3.05, 3.63) is 36.8 Å². The molecular formula is C27H31N5O4. The van der Waals surface area contributed by atoms with Gasteiger partial charge in [-0.05, 0) is 69.1 Å². The minimum absolute atomic E-state index is 0.115. The Bertz CT molecular complexity index is 1320. The molecule has 7 rings (SSSR count). The Kier molecular flexibility index (Phi) is 4.93. The predicted molar refractivity (Wildman–Crippen MR) is 134 cm³/mol. The molecule has 36 heavy (non-hydrogen) atoms. The Morgan fingerprint density at radius 2 is 1.97 bits per heavy atom. The monoisotopic (exact) mass is 489 g/mol. The van der Waals surface area contributed by atoms with Crippen molar-refractivity contribution in [2.45, 2.75) is 74.7 Å². The van der Waals surface area contributed by atoms with Crippen molar-refractivity contribution >= 4 is 22.9 Å². The molecule has 4 fully saturated rings. The third kappa shape index (κ3) is 3.59. The van der Waals surface area contributed by atoms with Crippen molar-refractivity contribution in [1.82, 2.24) is 19.9 Å². The summed E-state index contributed by atoms with van der Waals surface area (Å²) in [6.45, 7) is 1.17. The van der Waals surface area contributed by atoms with E-state index < -0.39 is 0 Å². The number of ether oxygens (including phenoxy) is 3. The van der Waals surface area contributed by atoms with Crippen LogP contribution in [0.15, 0.2) is 36.8 Å². The third-order valence-corrected chi connectivity index (χ3v) is 8.67. The highest BCUT2D eigenvalue weighted by Crippen LogP contribution is 2.45. The van der Waals surface area contributed by atoms with E-state index in [0.29, 0.717) is 25.1 Å². The number of aromatic nitrogens is 3. The number of nitrogens with one attached hydrogen (secondary N) is 1. The van der Waals surface area contributed by atoms with Gasteiger partial charge in [-0.25, -0.2) is 14.8 Å². The first-order chi connectivity index (χ1) is 17.5. The zero-order chi connectivity index (χ0) is 24.3. The number of nitrogen functional groups attached to an aromatic ring is 1. The topological polar surface area (TPSA) is 114 Å². The van der Waals surface area contributed by atoms with Gasteiger partial charge in [0.2, 0.25) is 0 Å². The Balaban J connectivity index is 1.17. The Morgan fingerprint density at radius 3 is 2.69 bits per heavy atom. The number of fused-ring (bicyclic) bond motifs is 3. The molecule has 3 saturated heterocycles. The summed E-state index contributed by atoms with van der Waals surface area (Å²) in [7, 11) is 0. The van der Waals surface area contributed by atoms with Crippen molar-refractivity contribution in [3.63, 3.8) is 0 Å². The molecule has 3 N–H and O–H groups in total. The van der Waals surface area contributed by atoms with Gasteiger partial charge in [0.15, 0.2) is 0 Å². The van der Waals surface area contributed by atoms with Crippen molar-refractivity contribution < 1.29 is 19.0 Å². The molecule has 0 unspecified atom stereocenters. The molecule has 5 heterocycles. The number of anilines is 1. The number of carbonyl (C=O) groups excluding carboxylic acids is 1. The van der Waals surface area contributed by atoms with E-state index in [1.165, 1.54) is 6.33 Å². The van der Waals surface area contributed by atoms with Gasteiger partial charge in [0, 0.05) is 17.8 Å². The zero-order valence-corrected chi connectivity index (χ0v) is 20.2. The normalized spacial score (nSPS) is 31.2. The predicted octanol–water partition coefficient (Wildman–Crippen LogP) is 4.36. The van der Waals surface area contributed by atoms with Crippen molar-refractivity contribution in [3.8, 4) is 16.9 Å². The van der Waals surface area contributed by atoms with E-state index in [1.807, 2.05) is 12.1 Å². The van der Waals surface area contributed by atoms with Gasteiger partial charge in [-0.15, -0.1) is 0 Å². The molecule has 9 nitrogen and oxygen atoms in total. The summed E-state index contributed by atoms with van der Waals surface area (Å²) in [5, 5.41) is 3.68. The molecule has 1 spiro atoms. The summed E-state index contributed by atoms with van der Waals surface area (Å²) >= 11 is 0. The number of benzene rings is 1. The van der Waals surface area contributed by atoms with Gasteiger partial charge in [-0.2, -0.15) is 0 Å². The number of carbonyl (C=O) groups is 1. The molecule has 188 valence electrons. The van der Waals surface area contributed by atoms with Gasteiger partial charge in [-0.3, -0.25) is 0 Å². The fraction of sp³-hybridized carbons (Fsp3) is 0.519. The van der Waals surface area contributed by atoms with E-state index in [9.17, 15) is 4.79 Å². The fourth-order valence-electron chi connectivity index (χ4n) is 6.65. The molecule has 1 amide bonds. The smallest absolute Gasteiger partial charge is 0.407 e. The number of amides is 1. The van der Waals surface area contributed by atoms with Crippen LogP contribution in [0.2, 0.25) is 0 Å². The van der Waals surface area contributed by atoms with Crippen molar-refractivity contribution in [2.24, 2.45) is 0 Å². The van der Waals surface area contributed by atoms with Gasteiger partial charge in [0.25, 0.3) is 0 Å². The number of hydrogen-bond donors (Lipinski definition) is 2. The van der Waals surface area contributed by atoms with Crippen LogP contribution in [-0.2, 0) is 9.47 Å². The van der Waals surface area contributed by atoms with Crippen LogP contribution in [0.1, 0.15) is 57.4 Å². The highest BCUT2D eigenvalue weighted by atomic mass is 16.6. The molecule has 2 bridgehead atoms. The van der Waals surface area contributed by atoms with Crippen LogP contribution >= 0.6 is 0 Å². The molecule has 3 aliphatic heterocycles. The van der Waals surface area contributed by atoms with Crippen LogP contribution in [0.25, 0.3) is 22.2 Å². The first-order valence-corrected chi connectivity index (χ1v) is 13.0. The maximum Gasteiger partial charge on any atom is 0.407 e. The average molecular weight is 490 g/mol. The summed E-state index contributed by atoms with van der Waals surface area (Å²) in [6.07, 6.45) is 11.7. The lowest BCUT2D eigenvalue weighted by molar-refractivity contribution is -0.0198. The molecule has 9 heteroatoms. The molecule has 4 aliphatic rings. The SMILES string of the molecule is Nc1ncnc2c1c(-c1cccc(OCC34CCC(CC3)O4)c1)cn2C1CCC2(CC1)CNC(=O)O2. The first kappa shape index (κ1) is 21.9. The number of hydrogen-bond acceptors (Lipinski definition) is 7. The summed E-state index contributed by atoms with van der Waals surface area (Å²) in [4.78, 5) is 20.6. The van der Waals surface area contributed by atoms with E-state index >= 15 is 0 Å². The lowest BCUT2D eigenvalue weighted by atomic mass is 9.82. The number of nitrogens with two attached hydrogens (primary N) is 1. The number of alkyl carbamates (subject to hydrolysis) is 1. The van der Waals surface area contributed by atoms with E-state index in [0.717, 1.165) is 79.3 Å². The maximum atomic E-state index is 11.6. The standard InChI is InChI=1S/C27H31N5O4/c28-23-22-21(17-2-1-3-20(12-17)34-15-27-10-6-19(35-27)7-11-27)13-32(24(22)31-16-30-23)18-4-8-26(9-5-18)14-29-25(33)36-26/h1-3,12-13,16,18-19H,4-11,14-15H2,(H,29,33)(H2,28,30,31). The molecule has 1 aromatic carbocycles. The molecule has 1 aliphatic carbocycles. The summed E-state index contributed by atoms with van der Waals surface area (Å²) in [6, 6.07) is 8.41. The average Bonchev–Trinajstić information content (AvgIpc) is 3.67. The summed E-state index contributed by atoms with van der Waals surface area (Å²) in [5.74, 6) is 1.30. The molecule has 1 saturated carbocycles. The summed E-state index contributed by atoms with van der Waals surface area (Å²) < 4.78 is 20.3. The van der Waals surface area contributed by atoms with Gasteiger partial charge in [0.1, 0.15) is 41.4 Å². The fourth-order valence-corrected chi connectivity index (χ4v) is 6.65. The highest BCUT2D eigenvalue weighted by Gasteiger charge is 2.47. The molecular weight excluding hydrogens is 458 g/mol. The lowest BCUT2D eigenvalue weighted by Gasteiger charge is -2.35. The molecule has 2 aromatic heterocycles. The van der Waals surface area contributed by atoms with Crippen molar-refractivity contribution in [2.75, 3.05) is 18.9 Å². The van der Waals surface area contributed by atoms with Gasteiger partial charge < -0.3 is 29.8 Å². The first-order valence-electron chi connectivity index (χ1n) is 13.0. The van der Waals surface area contributed by atoms with Gasteiger partial charge in [-0.1, -0.05) is 12.1 Å². The van der Waals surface area contributed by atoms with Gasteiger partial charge >= 0.3 is 6.09 Å². The molecule has 0 radical (unpaired) electrons. The van der Waals surface area contributed by atoms with Crippen molar-refractivity contribution in [1.29, 1.82) is 0 Å². The van der Waals surface area contributed by atoms with Crippen LogP contribution < -0.4 is 15.8 Å². The molecule has 0 atom stereocenters. The number of rotatable bonds is 5. The van der Waals surface area contributed by atoms with Crippen LogP contribution in [0.4, 0.5) is 10.6 Å². The lowest BCUT2D eigenvalue weighted by Crippen LogP contribution is -2.38. The van der Waals surface area contributed by atoms with Crippen LogP contribution in [0, 0.1) is 0 Å². The summed E-state index contributed by atoms with van der Waals surface area (Å²) in [5.41, 5.74) is 8.75. The maximum absolute atomic E-state index is 11.6. The third-order valence-electron chi connectivity index (χ3n) is 8.67. The Labute approximate surface area is 209 Å². The quantitative estimate of drug-likeness (QED) is 0.547. The Hall–Kier alpha value is -3.33. The highest BCUT2D eigenvalue weighted by molar-refractivity contribution is 6.00. The zero-order valence-electron chi connectivity index (χ0n) is 20.2. The van der Waals surface area contributed by atoms with Gasteiger partial charge in [0.05, 0.1) is 18.0 Å². The van der Waals surface area contributed by atoms with Crippen LogP contribution in [0.3, 0.4) is 0 Å². The van der Waals surface area contributed by atoms with E-state index in [-0.39, 0.29) is 23.3 Å².